The van der Waals surface area contributed by atoms with Crippen LogP contribution in [-0.4, -0.2) is 58.3 Å². The van der Waals surface area contributed by atoms with Crippen LogP contribution in [0.15, 0.2) is 76.4 Å². The Morgan fingerprint density at radius 1 is 1.07 bits per heavy atom. The van der Waals surface area contributed by atoms with E-state index < -0.39 is 17.0 Å². The maximum absolute atomic E-state index is 13.6. The first-order chi connectivity index (χ1) is 20.0. The number of benzene rings is 2. The predicted molar refractivity (Wildman–Crippen MR) is 152 cm³/mol. The van der Waals surface area contributed by atoms with E-state index in [9.17, 15) is 13.4 Å². The van der Waals surface area contributed by atoms with Gasteiger partial charge in [-0.1, -0.05) is 12.1 Å². The number of rotatable bonds is 9. The number of amides is 1. The number of aromatic nitrogens is 1. The second kappa shape index (κ2) is 12.4. The first-order valence-corrected chi connectivity index (χ1v) is 14.8. The van der Waals surface area contributed by atoms with Crippen LogP contribution in [0.5, 0.6) is 5.75 Å². The van der Waals surface area contributed by atoms with Crippen molar-refractivity contribution in [2.24, 2.45) is 0 Å². The van der Waals surface area contributed by atoms with Gasteiger partial charge in [-0.3, -0.25) is 4.79 Å². The van der Waals surface area contributed by atoms with E-state index in [2.05, 4.69) is 15.2 Å². The quantitative estimate of drug-likeness (QED) is 0.318. The van der Waals surface area contributed by atoms with Gasteiger partial charge < -0.3 is 24.1 Å². The summed E-state index contributed by atoms with van der Waals surface area (Å²) < 4.78 is 45.7. The van der Waals surface area contributed by atoms with E-state index in [0.29, 0.717) is 56.0 Å². The predicted octanol–water partition coefficient (Wildman–Crippen LogP) is 4.19. The lowest BCUT2D eigenvalue weighted by atomic mass is 10.2. The normalized spacial score (nSPS) is 18.5. The van der Waals surface area contributed by atoms with E-state index in [4.69, 9.17) is 13.9 Å². The Labute approximate surface area is 239 Å². The molecule has 1 N–H and O–H groups in total. The van der Waals surface area contributed by atoms with E-state index in [1.165, 1.54) is 18.2 Å². The molecule has 0 spiro atoms. The van der Waals surface area contributed by atoms with Gasteiger partial charge in [0.05, 0.1) is 13.2 Å². The second-order valence-corrected chi connectivity index (χ2v) is 11.4. The van der Waals surface area contributed by atoms with Gasteiger partial charge in [0.2, 0.25) is 11.0 Å². The highest BCUT2D eigenvalue weighted by Crippen LogP contribution is 2.28. The van der Waals surface area contributed by atoms with Crippen molar-refractivity contribution in [3.8, 4) is 5.75 Å². The largest absolute Gasteiger partial charge is 0.489 e. The molecule has 2 atom stereocenters. The zero-order chi connectivity index (χ0) is 28.2. The van der Waals surface area contributed by atoms with Gasteiger partial charge in [-0.2, -0.15) is 0 Å². The van der Waals surface area contributed by atoms with Crippen LogP contribution in [0.25, 0.3) is 11.0 Å². The van der Waals surface area contributed by atoms with Crippen LogP contribution >= 0.6 is 0 Å². The summed E-state index contributed by atoms with van der Waals surface area (Å²) in [4.78, 5) is 19.8. The Balaban J connectivity index is 1.04. The van der Waals surface area contributed by atoms with Crippen LogP contribution < -0.4 is 15.0 Å². The molecule has 2 aromatic heterocycles. The van der Waals surface area contributed by atoms with E-state index in [1.54, 1.807) is 16.6 Å². The molecule has 214 valence electrons. The van der Waals surface area contributed by atoms with Gasteiger partial charge in [0.25, 0.3) is 0 Å². The molecule has 0 saturated carbocycles. The maximum Gasteiger partial charge on any atom is 0.238 e. The Kier molecular flexibility index (Phi) is 8.26. The zero-order valence-electron chi connectivity index (χ0n) is 22.5. The molecule has 2 aromatic carbocycles. The number of halogens is 1. The van der Waals surface area contributed by atoms with Gasteiger partial charge in [0.1, 0.15) is 35.6 Å². The number of furan rings is 1. The number of fused-ring (bicyclic) bond motifs is 1. The molecule has 9 nitrogen and oxygen atoms in total. The zero-order valence-corrected chi connectivity index (χ0v) is 23.3. The molecule has 2 aliphatic rings. The molecule has 41 heavy (non-hydrogen) atoms. The SMILES string of the molecule is O=C(NCc1cccc(OCc2ccnc(N3CCOCC3)c2)c1)[C@@H]1CCCN1S(=O)c1cc2cc(F)ccc2o1. The topological polar surface area (TPSA) is 97.1 Å². The summed E-state index contributed by atoms with van der Waals surface area (Å²) in [5, 5.41) is 3.73. The van der Waals surface area contributed by atoms with E-state index in [-0.39, 0.29) is 16.8 Å². The Hall–Kier alpha value is -3.80. The van der Waals surface area contributed by atoms with Crippen LogP contribution in [0.3, 0.4) is 0 Å². The van der Waals surface area contributed by atoms with Crippen LogP contribution in [0.2, 0.25) is 0 Å². The number of carbonyl (C=O) groups excluding carboxylic acids is 1. The van der Waals surface area contributed by atoms with Crippen molar-refractivity contribution in [2.45, 2.75) is 37.1 Å². The van der Waals surface area contributed by atoms with Crippen molar-refractivity contribution in [1.82, 2.24) is 14.6 Å². The van der Waals surface area contributed by atoms with Crippen molar-refractivity contribution in [3.63, 3.8) is 0 Å². The summed E-state index contributed by atoms with van der Waals surface area (Å²) >= 11 is 0. The van der Waals surface area contributed by atoms with E-state index in [1.807, 2.05) is 36.4 Å². The van der Waals surface area contributed by atoms with E-state index in [0.717, 1.165) is 36.5 Å². The van der Waals surface area contributed by atoms with Gasteiger partial charge in [0, 0.05) is 43.8 Å². The Morgan fingerprint density at radius 3 is 2.83 bits per heavy atom. The molecular formula is C30H31FN4O5S. The minimum Gasteiger partial charge on any atom is -0.489 e. The van der Waals surface area contributed by atoms with Crippen molar-refractivity contribution in [1.29, 1.82) is 0 Å². The number of pyridine rings is 1. The van der Waals surface area contributed by atoms with Crippen molar-refractivity contribution >= 4 is 33.7 Å². The number of nitrogens with one attached hydrogen (secondary N) is 1. The van der Waals surface area contributed by atoms with Crippen LogP contribution in [0.1, 0.15) is 24.0 Å². The summed E-state index contributed by atoms with van der Waals surface area (Å²) in [6.45, 7) is 4.25. The summed E-state index contributed by atoms with van der Waals surface area (Å²) in [7, 11) is -1.68. The molecule has 2 saturated heterocycles. The van der Waals surface area contributed by atoms with Crippen molar-refractivity contribution in [2.75, 3.05) is 37.7 Å². The van der Waals surface area contributed by atoms with Gasteiger partial charge in [0.15, 0.2) is 11.0 Å². The standard InChI is InChI=1S/C30H31FN4O5S/c31-24-6-7-27-23(17-24)18-29(40-27)41(37)35-10-2-5-26(35)30(36)33-19-21-3-1-4-25(15-21)39-20-22-8-9-32-28(16-22)34-11-13-38-14-12-34/h1,3-4,6-9,15-18,26H,2,5,10-14,19-20H2,(H,33,36)/t26-,41?/m0/s1. The number of carbonyl (C=O) groups is 1. The number of nitrogens with zero attached hydrogens (tertiary/aromatic N) is 3. The lowest BCUT2D eigenvalue weighted by Crippen LogP contribution is -2.43. The van der Waals surface area contributed by atoms with Crippen LogP contribution in [0.4, 0.5) is 10.2 Å². The summed E-state index contributed by atoms with van der Waals surface area (Å²) in [6, 6.07) is 16.8. The Morgan fingerprint density at radius 2 is 1.95 bits per heavy atom. The van der Waals surface area contributed by atoms with Gasteiger partial charge in [-0.05, 0) is 66.4 Å². The maximum atomic E-state index is 13.6. The molecule has 2 fully saturated rings. The summed E-state index contributed by atoms with van der Waals surface area (Å²) in [5.41, 5.74) is 2.37. The minimum atomic E-state index is -1.68. The molecular weight excluding hydrogens is 547 g/mol. The average Bonchev–Trinajstić information content (AvgIpc) is 3.67. The fourth-order valence-corrected chi connectivity index (χ4v) is 6.47. The fraction of sp³-hybridized carbons (Fsp3) is 0.333. The monoisotopic (exact) mass is 578 g/mol. The van der Waals surface area contributed by atoms with Crippen LogP contribution in [-0.2, 0) is 33.7 Å². The third kappa shape index (κ3) is 6.42. The molecule has 2 aliphatic heterocycles. The number of ether oxygens (including phenoxy) is 2. The van der Waals surface area contributed by atoms with Gasteiger partial charge in [-0.15, -0.1) is 0 Å². The highest BCUT2D eigenvalue weighted by molar-refractivity contribution is 7.82. The number of anilines is 1. The molecule has 0 bridgehead atoms. The van der Waals surface area contributed by atoms with Crippen molar-refractivity contribution in [3.05, 3.63) is 83.8 Å². The lowest BCUT2D eigenvalue weighted by molar-refractivity contribution is -0.124. The second-order valence-electron chi connectivity index (χ2n) is 10.1. The fourth-order valence-electron chi connectivity index (χ4n) is 5.13. The highest BCUT2D eigenvalue weighted by Gasteiger charge is 2.36. The van der Waals surface area contributed by atoms with Crippen LogP contribution in [0, 0.1) is 5.82 Å². The van der Waals surface area contributed by atoms with E-state index >= 15 is 0 Å². The molecule has 4 heterocycles. The third-order valence-electron chi connectivity index (χ3n) is 7.26. The molecule has 0 aliphatic carbocycles. The smallest absolute Gasteiger partial charge is 0.238 e. The average molecular weight is 579 g/mol. The Bertz CT molecular complexity index is 1560. The van der Waals surface area contributed by atoms with Crippen molar-refractivity contribution < 1.29 is 27.3 Å². The molecule has 1 unspecified atom stereocenters. The number of hydrogen-bond acceptors (Lipinski definition) is 7. The molecule has 1 amide bonds. The van der Waals surface area contributed by atoms with Gasteiger partial charge >= 0.3 is 0 Å². The summed E-state index contributed by atoms with van der Waals surface area (Å²) in [6.07, 6.45) is 3.13. The third-order valence-corrected chi connectivity index (χ3v) is 8.67. The first kappa shape index (κ1) is 27.4. The van der Waals surface area contributed by atoms with Gasteiger partial charge in [-0.25, -0.2) is 17.9 Å². The minimum absolute atomic E-state index is 0.197. The molecule has 6 rings (SSSR count). The highest BCUT2D eigenvalue weighted by atomic mass is 32.2. The number of hydrogen-bond donors (Lipinski definition) is 1. The summed E-state index contributed by atoms with van der Waals surface area (Å²) in [5.74, 6) is 1.03. The molecule has 4 aromatic rings. The lowest BCUT2D eigenvalue weighted by Gasteiger charge is -2.28. The first-order valence-electron chi connectivity index (χ1n) is 13.7. The number of morpholine rings is 1. The molecule has 0 radical (unpaired) electrons. The molecule has 11 heteroatoms.